The topological polar surface area (TPSA) is 17.1 Å². The molecule has 1 atom stereocenters. The maximum atomic E-state index is 10.7. The van der Waals surface area contributed by atoms with E-state index in [1.54, 1.807) is 6.92 Å². The zero-order chi connectivity index (χ0) is 9.78. The summed E-state index contributed by atoms with van der Waals surface area (Å²) in [5.74, 6) is 1.02. The fraction of sp³-hybridized carbons (Fsp3) is 0.909. The van der Waals surface area contributed by atoms with Gasteiger partial charge in [-0.15, -0.1) is 0 Å². The van der Waals surface area contributed by atoms with Crippen LogP contribution in [0.4, 0.5) is 0 Å². The molecule has 12 heavy (non-hydrogen) atoms. The third-order valence-electron chi connectivity index (χ3n) is 2.64. The van der Waals surface area contributed by atoms with Crippen molar-refractivity contribution in [1.82, 2.24) is 0 Å². The lowest BCUT2D eigenvalue weighted by Gasteiger charge is -2.26. The Kier molecular flexibility index (Phi) is 4.51. The molecule has 1 nitrogen and oxygen atoms in total. The molecule has 0 aliphatic carbocycles. The van der Waals surface area contributed by atoms with Gasteiger partial charge >= 0.3 is 0 Å². The molecule has 72 valence electrons. The van der Waals surface area contributed by atoms with Gasteiger partial charge in [-0.25, -0.2) is 0 Å². The van der Waals surface area contributed by atoms with Crippen LogP contribution in [0.15, 0.2) is 0 Å². The summed E-state index contributed by atoms with van der Waals surface area (Å²) in [7, 11) is 0. The van der Waals surface area contributed by atoms with Gasteiger partial charge in [0.05, 0.1) is 0 Å². The Morgan fingerprint density at radius 1 is 1.33 bits per heavy atom. The van der Waals surface area contributed by atoms with E-state index in [2.05, 4.69) is 27.7 Å². The van der Waals surface area contributed by atoms with Gasteiger partial charge in [0.25, 0.3) is 0 Å². The Labute approximate surface area is 76.6 Å². The van der Waals surface area contributed by atoms with E-state index in [0.717, 1.165) is 12.8 Å². The van der Waals surface area contributed by atoms with Crippen LogP contribution in [0.5, 0.6) is 0 Å². The summed E-state index contributed by atoms with van der Waals surface area (Å²) in [5, 5.41) is 0. The highest BCUT2D eigenvalue weighted by atomic mass is 16.1. The second kappa shape index (κ2) is 4.64. The Morgan fingerprint density at radius 3 is 2.17 bits per heavy atom. The van der Waals surface area contributed by atoms with Crippen LogP contribution >= 0.6 is 0 Å². The Bertz CT molecular complexity index is 142. The van der Waals surface area contributed by atoms with Crippen LogP contribution in [0.1, 0.15) is 53.9 Å². The molecule has 0 aromatic carbocycles. The normalized spacial score (nSPS) is 14.4. The summed E-state index contributed by atoms with van der Waals surface area (Å²) < 4.78 is 0. The molecule has 0 fully saturated rings. The molecule has 0 bridgehead atoms. The average molecular weight is 170 g/mol. The van der Waals surface area contributed by atoms with Crippen molar-refractivity contribution in [3.05, 3.63) is 0 Å². The molecule has 1 unspecified atom stereocenters. The van der Waals surface area contributed by atoms with Crippen molar-refractivity contribution >= 4 is 5.78 Å². The molecule has 0 amide bonds. The van der Waals surface area contributed by atoms with Crippen LogP contribution in [-0.4, -0.2) is 5.78 Å². The van der Waals surface area contributed by atoms with E-state index < -0.39 is 0 Å². The number of ketones is 1. The zero-order valence-corrected chi connectivity index (χ0v) is 9.11. The first kappa shape index (κ1) is 11.7. The third kappa shape index (κ3) is 5.34. The molecular formula is C11H22O. The highest BCUT2D eigenvalue weighted by Gasteiger charge is 2.19. The van der Waals surface area contributed by atoms with Gasteiger partial charge in [-0.3, -0.25) is 0 Å². The van der Waals surface area contributed by atoms with Crippen LogP contribution in [0.3, 0.4) is 0 Å². The molecule has 0 saturated carbocycles. The van der Waals surface area contributed by atoms with Crippen LogP contribution in [0, 0.1) is 11.3 Å². The van der Waals surface area contributed by atoms with Gasteiger partial charge in [-0.1, -0.05) is 27.7 Å². The fourth-order valence-electron chi connectivity index (χ4n) is 1.09. The largest absolute Gasteiger partial charge is 0.300 e. The second-order valence-corrected chi connectivity index (χ2v) is 4.86. The second-order valence-electron chi connectivity index (χ2n) is 4.86. The van der Waals surface area contributed by atoms with Gasteiger partial charge in [0, 0.05) is 6.42 Å². The predicted octanol–water partition coefficient (Wildman–Crippen LogP) is 3.43. The van der Waals surface area contributed by atoms with Gasteiger partial charge in [0.2, 0.25) is 0 Å². The van der Waals surface area contributed by atoms with E-state index in [0.29, 0.717) is 17.1 Å². The summed E-state index contributed by atoms with van der Waals surface area (Å²) in [5.41, 5.74) is 0.386. The summed E-state index contributed by atoms with van der Waals surface area (Å²) in [6.45, 7) is 10.7. The van der Waals surface area contributed by atoms with E-state index in [1.165, 1.54) is 6.42 Å². The Morgan fingerprint density at radius 2 is 1.83 bits per heavy atom. The lowest BCUT2D eigenvalue weighted by atomic mass is 9.79. The first-order valence-electron chi connectivity index (χ1n) is 4.83. The highest BCUT2D eigenvalue weighted by Crippen LogP contribution is 2.29. The summed E-state index contributed by atoms with van der Waals surface area (Å²) in [4.78, 5) is 10.7. The molecule has 0 aliphatic rings. The van der Waals surface area contributed by atoms with E-state index in [-0.39, 0.29) is 0 Å². The van der Waals surface area contributed by atoms with Gasteiger partial charge in [-0.2, -0.15) is 0 Å². The molecule has 0 aliphatic heterocycles. The third-order valence-corrected chi connectivity index (χ3v) is 2.64. The minimum atomic E-state index is 0.316. The van der Waals surface area contributed by atoms with E-state index >= 15 is 0 Å². The van der Waals surface area contributed by atoms with Gasteiger partial charge < -0.3 is 4.79 Å². The van der Waals surface area contributed by atoms with Gasteiger partial charge in [0.15, 0.2) is 0 Å². The molecule has 0 aromatic heterocycles. The van der Waals surface area contributed by atoms with Crippen molar-refractivity contribution in [3.8, 4) is 0 Å². The molecule has 0 saturated heterocycles. The van der Waals surface area contributed by atoms with Crippen molar-refractivity contribution in [1.29, 1.82) is 0 Å². The number of hydrogen-bond donors (Lipinski definition) is 0. The smallest absolute Gasteiger partial charge is 0.129 e. The van der Waals surface area contributed by atoms with Crippen molar-refractivity contribution in [2.75, 3.05) is 0 Å². The van der Waals surface area contributed by atoms with Crippen LogP contribution < -0.4 is 0 Å². The van der Waals surface area contributed by atoms with E-state index in [9.17, 15) is 4.79 Å². The van der Waals surface area contributed by atoms with Crippen LogP contribution in [-0.2, 0) is 4.79 Å². The molecule has 1 heteroatoms. The van der Waals surface area contributed by atoms with Crippen molar-refractivity contribution in [2.24, 2.45) is 11.3 Å². The summed E-state index contributed by atoms with van der Waals surface area (Å²) in [6, 6.07) is 0. The number of carbonyl (C=O) groups is 1. The first-order valence-corrected chi connectivity index (χ1v) is 4.83. The minimum absolute atomic E-state index is 0.316. The lowest BCUT2D eigenvalue weighted by Crippen LogP contribution is -2.17. The zero-order valence-electron chi connectivity index (χ0n) is 9.11. The first-order chi connectivity index (χ1) is 5.34. The van der Waals surface area contributed by atoms with E-state index in [4.69, 9.17) is 0 Å². The average Bonchev–Trinajstić information content (AvgIpc) is 1.84. The van der Waals surface area contributed by atoms with Crippen molar-refractivity contribution < 1.29 is 4.79 Å². The number of hydrogen-bond acceptors (Lipinski definition) is 1. The molecule has 0 spiro atoms. The molecule has 0 radical (unpaired) electrons. The fourth-order valence-corrected chi connectivity index (χ4v) is 1.09. The molecule has 0 heterocycles. The lowest BCUT2D eigenvalue weighted by molar-refractivity contribution is -0.117. The van der Waals surface area contributed by atoms with Gasteiger partial charge in [0.1, 0.15) is 5.78 Å². The molecule has 0 aromatic rings. The predicted molar refractivity (Wildman–Crippen MR) is 53.2 cm³/mol. The summed E-state index contributed by atoms with van der Waals surface area (Å²) in [6.07, 6.45) is 2.97. The summed E-state index contributed by atoms with van der Waals surface area (Å²) >= 11 is 0. The van der Waals surface area contributed by atoms with Gasteiger partial charge in [-0.05, 0) is 31.1 Å². The quantitative estimate of drug-likeness (QED) is 0.631. The van der Waals surface area contributed by atoms with Crippen LogP contribution in [0.25, 0.3) is 0 Å². The molecule has 0 rings (SSSR count). The SMILES string of the molecule is CC(=O)CCCC(C)C(C)(C)C. The van der Waals surface area contributed by atoms with Crippen molar-refractivity contribution in [3.63, 3.8) is 0 Å². The van der Waals surface area contributed by atoms with E-state index in [1.807, 2.05) is 0 Å². The Hall–Kier alpha value is -0.330. The number of carbonyl (C=O) groups excluding carboxylic acids is 1. The number of Topliss-reactive ketones (excluding diaryl/α,β-unsaturated/α-hetero) is 1. The number of rotatable bonds is 4. The van der Waals surface area contributed by atoms with Crippen molar-refractivity contribution in [2.45, 2.75) is 53.9 Å². The highest BCUT2D eigenvalue weighted by molar-refractivity contribution is 5.75. The van der Waals surface area contributed by atoms with Crippen LogP contribution in [0.2, 0.25) is 0 Å². The monoisotopic (exact) mass is 170 g/mol. The molecular weight excluding hydrogens is 148 g/mol. The molecule has 0 N–H and O–H groups in total. The maximum absolute atomic E-state index is 10.7. The standard InChI is InChI=1S/C11H22O/c1-9(11(3,4)5)7-6-8-10(2)12/h9H,6-8H2,1-5H3. The Balaban J connectivity index is 3.58. The minimum Gasteiger partial charge on any atom is -0.300 e. The maximum Gasteiger partial charge on any atom is 0.129 e.